The van der Waals surface area contributed by atoms with Crippen LogP contribution >= 0.6 is 0 Å². The lowest BCUT2D eigenvalue weighted by atomic mass is 10.1. The first kappa shape index (κ1) is 16.9. The van der Waals surface area contributed by atoms with Crippen LogP contribution in [0.2, 0.25) is 0 Å². The molecule has 1 amide bonds. The van der Waals surface area contributed by atoms with Crippen LogP contribution in [-0.2, 0) is 9.47 Å². The van der Waals surface area contributed by atoms with Crippen molar-refractivity contribution in [2.75, 3.05) is 38.7 Å². The number of benzene rings is 1. The minimum atomic E-state index is -0.429. The molecule has 7 nitrogen and oxygen atoms in total. The Morgan fingerprint density at radius 2 is 1.96 bits per heavy atom. The molecule has 1 fully saturated rings. The number of rotatable bonds is 4. The Kier molecular flexibility index (Phi) is 5.25. The van der Waals surface area contributed by atoms with Crippen molar-refractivity contribution in [3.05, 3.63) is 53.9 Å². The summed E-state index contributed by atoms with van der Waals surface area (Å²) in [7, 11) is 1.34. The molecule has 0 saturated carbocycles. The fraction of sp³-hybridized carbons (Fsp3) is 0.278. The summed E-state index contributed by atoms with van der Waals surface area (Å²) in [4.78, 5) is 30.3. The van der Waals surface area contributed by atoms with Gasteiger partial charge in [-0.3, -0.25) is 9.78 Å². The van der Waals surface area contributed by atoms with E-state index in [2.05, 4.69) is 10.3 Å². The second-order valence-electron chi connectivity index (χ2n) is 5.50. The minimum absolute atomic E-state index is 0.131. The molecular weight excluding hydrogens is 322 g/mol. The highest BCUT2D eigenvalue weighted by Gasteiger charge is 2.20. The molecule has 0 atom stereocenters. The van der Waals surface area contributed by atoms with E-state index in [0.717, 1.165) is 0 Å². The molecule has 2 aromatic rings. The van der Waals surface area contributed by atoms with Crippen molar-refractivity contribution in [1.29, 1.82) is 0 Å². The molecule has 0 radical (unpaired) electrons. The van der Waals surface area contributed by atoms with Crippen molar-refractivity contribution >= 4 is 23.3 Å². The number of nitrogens with zero attached hydrogens (tertiary/aromatic N) is 2. The average Bonchev–Trinajstić information content (AvgIpc) is 2.68. The second-order valence-corrected chi connectivity index (χ2v) is 5.50. The number of methoxy groups -OCH3 is 1. The van der Waals surface area contributed by atoms with Gasteiger partial charge in [-0.1, -0.05) is 12.1 Å². The first-order valence-electron chi connectivity index (χ1n) is 7.96. The molecule has 1 aliphatic heterocycles. The summed E-state index contributed by atoms with van der Waals surface area (Å²) < 4.78 is 10.1. The summed E-state index contributed by atoms with van der Waals surface area (Å²) in [5.41, 5.74) is 2.04. The van der Waals surface area contributed by atoms with Crippen LogP contribution in [0.3, 0.4) is 0 Å². The molecule has 2 heterocycles. The number of morpholine rings is 1. The van der Waals surface area contributed by atoms with E-state index in [0.29, 0.717) is 48.9 Å². The van der Waals surface area contributed by atoms with Crippen LogP contribution in [0, 0.1) is 0 Å². The van der Waals surface area contributed by atoms with Crippen LogP contribution in [-0.4, -0.2) is 55.2 Å². The van der Waals surface area contributed by atoms with Gasteiger partial charge in [0.25, 0.3) is 5.91 Å². The zero-order valence-electron chi connectivity index (χ0n) is 13.9. The first-order chi connectivity index (χ1) is 12.2. The molecule has 0 unspecified atom stereocenters. The van der Waals surface area contributed by atoms with Crippen molar-refractivity contribution in [3.63, 3.8) is 0 Å². The predicted molar refractivity (Wildman–Crippen MR) is 92.0 cm³/mol. The zero-order valence-corrected chi connectivity index (χ0v) is 13.9. The van der Waals surface area contributed by atoms with Gasteiger partial charge < -0.3 is 19.7 Å². The van der Waals surface area contributed by atoms with Crippen LogP contribution in [0.5, 0.6) is 0 Å². The molecule has 0 bridgehead atoms. The van der Waals surface area contributed by atoms with E-state index in [-0.39, 0.29) is 5.91 Å². The average molecular weight is 341 g/mol. The van der Waals surface area contributed by atoms with Crippen molar-refractivity contribution in [2.45, 2.75) is 0 Å². The maximum absolute atomic E-state index is 12.5. The number of hydrogen-bond acceptors (Lipinski definition) is 6. The maximum atomic E-state index is 12.5. The third-order valence-electron chi connectivity index (χ3n) is 3.89. The quantitative estimate of drug-likeness (QED) is 0.858. The van der Waals surface area contributed by atoms with Crippen molar-refractivity contribution in [2.24, 2.45) is 0 Å². The number of esters is 1. The largest absolute Gasteiger partial charge is 0.465 e. The van der Waals surface area contributed by atoms with Crippen LogP contribution < -0.4 is 5.32 Å². The predicted octanol–water partition coefficient (Wildman–Crippen LogP) is 2.08. The fourth-order valence-corrected chi connectivity index (χ4v) is 2.59. The highest BCUT2D eigenvalue weighted by Crippen LogP contribution is 2.22. The van der Waals surface area contributed by atoms with E-state index in [1.54, 1.807) is 41.4 Å². The second kappa shape index (κ2) is 7.76. The molecule has 1 aliphatic rings. The SMILES string of the molecule is COC(=O)c1ccccc1Nc1ccnc(C(=O)N2CCOCC2)c1. The smallest absolute Gasteiger partial charge is 0.339 e. The maximum Gasteiger partial charge on any atom is 0.339 e. The summed E-state index contributed by atoms with van der Waals surface area (Å²) in [5, 5.41) is 3.15. The highest BCUT2D eigenvalue weighted by atomic mass is 16.5. The van der Waals surface area contributed by atoms with Gasteiger partial charge in [0.2, 0.25) is 0 Å². The molecule has 1 aromatic heterocycles. The Balaban J connectivity index is 1.81. The molecule has 25 heavy (non-hydrogen) atoms. The Morgan fingerprint density at radius 1 is 1.20 bits per heavy atom. The van der Waals surface area contributed by atoms with Gasteiger partial charge in [-0.2, -0.15) is 0 Å². The number of para-hydroxylation sites is 1. The summed E-state index contributed by atoms with van der Waals surface area (Å²) in [6, 6.07) is 10.4. The monoisotopic (exact) mass is 341 g/mol. The van der Waals surface area contributed by atoms with E-state index >= 15 is 0 Å². The molecule has 0 aliphatic carbocycles. The number of hydrogen-bond donors (Lipinski definition) is 1. The van der Waals surface area contributed by atoms with E-state index in [1.165, 1.54) is 7.11 Å². The first-order valence-corrected chi connectivity index (χ1v) is 7.96. The summed E-state index contributed by atoms with van der Waals surface area (Å²) in [6.45, 7) is 2.19. The summed E-state index contributed by atoms with van der Waals surface area (Å²) in [6.07, 6.45) is 1.57. The molecular formula is C18H19N3O4. The lowest BCUT2D eigenvalue weighted by Gasteiger charge is -2.26. The van der Waals surface area contributed by atoms with Crippen molar-refractivity contribution in [1.82, 2.24) is 9.88 Å². The summed E-state index contributed by atoms with van der Waals surface area (Å²) in [5.74, 6) is -0.560. The van der Waals surface area contributed by atoms with E-state index in [1.807, 2.05) is 6.07 Å². The van der Waals surface area contributed by atoms with Gasteiger partial charge >= 0.3 is 5.97 Å². The van der Waals surface area contributed by atoms with Crippen molar-refractivity contribution in [3.8, 4) is 0 Å². The molecule has 3 rings (SSSR count). The normalized spacial score (nSPS) is 14.0. The number of carbonyl (C=O) groups is 2. The fourth-order valence-electron chi connectivity index (χ4n) is 2.59. The Morgan fingerprint density at radius 3 is 2.72 bits per heavy atom. The van der Waals surface area contributed by atoms with E-state index < -0.39 is 5.97 Å². The number of amides is 1. The third-order valence-corrected chi connectivity index (χ3v) is 3.89. The number of ether oxygens (including phenoxy) is 2. The molecule has 1 saturated heterocycles. The molecule has 1 aromatic carbocycles. The molecule has 130 valence electrons. The number of nitrogens with one attached hydrogen (secondary N) is 1. The number of carbonyl (C=O) groups excluding carboxylic acids is 2. The number of aromatic nitrogens is 1. The molecule has 0 spiro atoms. The Hall–Kier alpha value is -2.93. The van der Waals surface area contributed by atoms with E-state index in [9.17, 15) is 9.59 Å². The summed E-state index contributed by atoms with van der Waals surface area (Å²) >= 11 is 0. The molecule has 7 heteroatoms. The van der Waals surface area contributed by atoms with Crippen LogP contribution in [0.4, 0.5) is 11.4 Å². The van der Waals surface area contributed by atoms with Crippen LogP contribution in [0.1, 0.15) is 20.8 Å². The number of pyridine rings is 1. The Bertz CT molecular complexity index is 772. The topological polar surface area (TPSA) is 80.8 Å². The van der Waals surface area contributed by atoms with Crippen LogP contribution in [0.15, 0.2) is 42.6 Å². The van der Waals surface area contributed by atoms with Gasteiger partial charge in [0.1, 0.15) is 5.69 Å². The zero-order chi connectivity index (χ0) is 17.6. The Labute approximate surface area is 145 Å². The lowest BCUT2D eigenvalue weighted by molar-refractivity contribution is 0.0299. The minimum Gasteiger partial charge on any atom is -0.465 e. The standard InChI is InChI=1S/C18H19N3O4/c1-24-18(23)14-4-2-3-5-15(14)20-13-6-7-19-16(12-13)17(22)21-8-10-25-11-9-21/h2-7,12H,8-11H2,1H3,(H,19,20). The molecule has 1 N–H and O–H groups in total. The van der Waals surface area contributed by atoms with Gasteiger partial charge in [0.05, 0.1) is 31.6 Å². The third kappa shape index (κ3) is 3.95. The van der Waals surface area contributed by atoms with Crippen molar-refractivity contribution < 1.29 is 19.1 Å². The van der Waals surface area contributed by atoms with Gasteiger partial charge in [0, 0.05) is 25.0 Å². The van der Waals surface area contributed by atoms with Crippen LogP contribution in [0.25, 0.3) is 0 Å². The van der Waals surface area contributed by atoms with Gasteiger partial charge in [0.15, 0.2) is 0 Å². The van der Waals surface area contributed by atoms with Gasteiger partial charge in [-0.15, -0.1) is 0 Å². The van der Waals surface area contributed by atoms with Gasteiger partial charge in [-0.05, 0) is 24.3 Å². The lowest BCUT2D eigenvalue weighted by Crippen LogP contribution is -2.41. The van der Waals surface area contributed by atoms with Gasteiger partial charge in [-0.25, -0.2) is 4.79 Å². The highest BCUT2D eigenvalue weighted by molar-refractivity contribution is 5.97. The van der Waals surface area contributed by atoms with E-state index in [4.69, 9.17) is 9.47 Å². The number of anilines is 2.